The summed E-state index contributed by atoms with van der Waals surface area (Å²) in [5.74, 6) is 1.35. The predicted molar refractivity (Wildman–Crippen MR) is 77.2 cm³/mol. The molecule has 0 aliphatic carbocycles. The van der Waals surface area contributed by atoms with Gasteiger partial charge in [0.05, 0.1) is 13.2 Å². The molecule has 7 nitrogen and oxygen atoms in total. The molecule has 1 fully saturated rings. The van der Waals surface area contributed by atoms with Crippen molar-refractivity contribution in [2.24, 2.45) is 5.92 Å². The number of aliphatic hydroxyl groups is 1. The topological polar surface area (TPSA) is 83.4 Å². The number of rotatable bonds is 5. The standard InChI is InChI=1S/C13H23N5O2/c1-4-6-14-11-15-12(17-13(16-11)20-3)18-7-5-10(19)9(2)8-18/h9-10,19H,4-8H2,1-3H3,(H,14,15,16,17). The fourth-order valence-corrected chi connectivity index (χ4v) is 2.21. The lowest BCUT2D eigenvalue weighted by atomic mass is 9.97. The van der Waals surface area contributed by atoms with Gasteiger partial charge < -0.3 is 20.1 Å². The van der Waals surface area contributed by atoms with Gasteiger partial charge in [0, 0.05) is 19.6 Å². The molecule has 0 radical (unpaired) electrons. The Morgan fingerprint density at radius 2 is 2.20 bits per heavy atom. The summed E-state index contributed by atoms with van der Waals surface area (Å²) in [6, 6.07) is 0.312. The first kappa shape index (κ1) is 14.8. The zero-order valence-electron chi connectivity index (χ0n) is 12.3. The highest BCUT2D eigenvalue weighted by atomic mass is 16.5. The van der Waals surface area contributed by atoms with Crippen molar-refractivity contribution in [1.29, 1.82) is 0 Å². The molecule has 0 saturated carbocycles. The fraction of sp³-hybridized carbons (Fsp3) is 0.769. The van der Waals surface area contributed by atoms with Crippen LogP contribution in [0.1, 0.15) is 26.7 Å². The number of anilines is 2. The van der Waals surface area contributed by atoms with Crippen LogP contribution < -0.4 is 15.0 Å². The van der Waals surface area contributed by atoms with E-state index < -0.39 is 0 Å². The molecular weight excluding hydrogens is 258 g/mol. The van der Waals surface area contributed by atoms with E-state index in [1.54, 1.807) is 7.11 Å². The van der Waals surface area contributed by atoms with Gasteiger partial charge in [-0.05, 0) is 18.8 Å². The van der Waals surface area contributed by atoms with Crippen molar-refractivity contribution in [2.45, 2.75) is 32.8 Å². The second-order valence-electron chi connectivity index (χ2n) is 5.15. The van der Waals surface area contributed by atoms with E-state index in [1.807, 2.05) is 6.92 Å². The van der Waals surface area contributed by atoms with Gasteiger partial charge in [-0.25, -0.2) is 0 Å². The molecule has 7 heteroatoms. The van der Waals surface area contributed by atoms with Crippen molar-refractivity contribution in [2.75, 3.05) is 37.0 Å². The van der Waals surface area contributed by atoms with Crippen molar-refractivity contribution in [3.63, 3.8) is 0 Å². The van der Waals surface area contributed by atoms with Crippen LogP contribution in [0.15, 0.2) is 0 Å². The number of nitrogens with zero attached hydrogens (tertiary/aromatic N) is 4. The average molecular weight is 281 g/mol. The Kier molecular flexibility index (Phi) is 4.94. The zero-order valence-corrected chi connectivity index (χ0v) is 12.3. The number of aliphatic hydroxyl groups excluding tert-OH is 1. The Labute approximate surface area is 119 Å². The summed E-state index contributed by atoms with van der Waals surface area (Å²) in [4.78, 5) is 15.0. The maximum Gasteiger partial charge on any atom is 0.322 e. The minimum atomic E-state index is -0.243. The number of piperidine rings is 1. The minimum Gasteiger partial charge on any atom is -0.467 e. The monoisotopic (exact) mass is 281 g/mol. The molecular formula is C13H23N5O2. The highest BCUT2D eigenvalue weighted by molar-refractivity contribution is 5.39. The average Bonchev–Trinajstić information content (AvgIpc) is 2.47. The smallest absolute Gasteiger partial charge is 0.322 e. The SMILES string of the molecule is CCCNc1nc(OC)nc(N2CCC(O)C(C)C2)n1. The summed E-state index contributed by atoms with van der Waals surface area (Å²) < 4.78 is 5.14. The lowest BCUT2D eigenvalue weighted by molar-refractivity contribution is 0.0966. The van der Waals surface area contributed by atoms with Gasteiger partial charge in [0.25, 0.3) is 0 Å². The number of hydrogen-bond acceptors (Lipinski definition) is 7. The van der Waals surface area contributed by atoms with Crippen LogP contribution >= 0.6 is 0 Å². The molecule has 0 amide bonds. The quantitative estimate of drug-likeness (QED) is 0.830. The molecule has 2 rings (SSSR count). The first-order valence-electron chi connectivity index (χ1n) is 7.11. The van der Waals surface area contributed by atoms with Crippen LogP contribution in [0.3, 0.4) is 0 Å². The Bertz CT molecular complexity index is 443. The Morgan fingerprint density at radius 1 is 1.40 bits per heavy atom. The third-order valence-electron chi connectivity index (χ3n) is 3.46. The van der Waals surface area contributed by atoms with E-state index in [4.69, 9.17) is 4.74 Å². The van der Waals surface area contributed by atoms with E-state index in [1.165, 1.54) is 0 Å². The first-order chi connectivity index (χ1) is 9.63. The van der Waals surface area contributed by atoms with Gasteiger partial charge in [-0.3, -0.25) is 0 Å². The minimum absolute atomic E-state index is 0.207. The summed E-state index contributed by atoms with van der Waals surface area (Å²) in [7, 11) is 1.55. The molecule has 20 heavy (non-hydrogen) atoms. The molecule has 0 aromatic carbocycles. The number of aromatic nitrogens is 3. The van der Waals surface area contributed by atoms with Crippen molar-refractivity contribution < 1.29 is 9.84 Å². The van der Waals surface area contributed by atoms with E-state index in [2.05, 4.69) is 32.1 Å². The van der Waals surface area contributed by atoms with Crippen molar-refractivity contribution >= 4 is 11.9 Å². The van der Waals surface area contributed by atoms with E-state index in [0.29, 0.717) is 17.9 Å². The third kappa shape index (κ3) is 3.47. The molecule has 1 aromatic rings. The number of nitrogens with one attached hydrogen (secondary N) is 1. The molecule has 0 bridgehead atoms. The number of ether oxygens (including phenoxy) is 1. The third-order valence-corrected chi connectivity index (χ3v) is 3.46. The Balaban J connectivity index is 2.17. The van der Waals surface area contributed by atoms with Crippen LogP contribution in [0, 0.1) is 5.92 Å². The second kappa shape index (κ2) is 6.69. The normalized spacial score (nSPS) is 22.7. The van der Waals surface area contributed by atoms with E-state index >= 15 is 0 Å². The van der Waals surface area contributed by atoms with Crippen LogP contribution in [0.25, 0.3) is 0 Å². The fourth-order valence-electron chi connectivity index (χ4n) is 2.21. The van der Waals surface area contributed by atoms with Gasteiger partial charge in [0.1, 0.15) is 0 Å². The Morgan fingerprint density at radius 3 is 2.85 bits per heavy atom. The summed E-state index contributed by atoms with van der Waals surface area (Å²) in [6.45, 7) is 6.40. The van der Waals surface area contributed by atoms with E-state index in [-0.39, 0.29) is 12.0 Å². The van der Waals surface area contributed by atoms with Gasteiger partial charge in [0.15, 0.2) is 0 Å². The highest BCUT2D eigenvalue weighted by Gasteiger charge is 2.26. The molecule has 1 saturated heterocycles. The van der Waals surface area contributed by atoms with Crippen LogP contribution in [-0.4, -0.2) is 52.9 Å². The maximum atomic E-state index is 9.80. The van der Waals surface area contributed by atoms with Gasteiger partial charge in [-0.1, -0.05) is 13.8 Å². The lowest BCUT2D eigenvalue weighted by Gasteiger charge is -2.34. The maximum absolute atomic E-state index is 9.80. The van der Waals surface area contributed by atoms with Crippen LogP contribution in [0.4, 0.5) is 11.9 Å². The summed E-state index contributed by atoms with van der Waals surface area (Å²) in [6.07, 6.45) is 1.48. The molecule has 2 unspecified atom stereocenters. The van der Waals surface area contributed by atoms with Crippen molar-refractivity contribution in [3.8, 4) is 6.01 Å². The highest BCUT2D eigenvalue weighted by Crippen LogP contribution is 2.22. The van der Waals surface area contributed by atoms with Crippen LogP contribution in [0.5, 0.6) is 6.01 Å². The van der Waals surface area contributed by atoms with Gasteiger partial charge in [-0.15, -0.1) is 0 Å². The zero-order chi connectivity index (χ0) is 14.5. The number of methoxy groups -OCH3 is 1. The van der Waals surface area contributed by atoms with E-state index in [0.717, 1.165) is 32.5 Å². The molecule has 112 valence electrons. The largest absolute Gasteiger partial charge is 0.467 e. The molecule has 1 aliphatic heterocycles. The van der Waals surface area contributed by atoms with Crippen LogP contribution in [-0.2, 0) is 0 Å². The van der Waals surface area contributed by atoms with Crippen molar-refractivity contribution in [3.05, 3.63) is 0 Å². The van der Waals surface area contributed by atoms with Crippen molar-refractivity contribution in [1.82, 2.24) is 15.0 Å². The number of hydrogen-bond donors (Lipinski definition) is 2. The molecule has 2 heterocycles. The predicted octanol–water partition coefficient (Wildman–Crippen LogP) is 0.909. The second-order valence-corrected chi connectivity index (χ2v) is 5.15. The molecule has 0 spiro atoms. The summed E-state index contributed by atoms with van der Waals surface area (Å²) >= 11 is 0. The molecule has 1 aliphatic rings. The molecule has 2 N–H and O–H groups in total. The summed E-state index contributed by atoms with van der Waals surface area (Å²) in [5.41, 5.74) is 0. The summed E-state index contributed by atoms with van der Waals surface area (Å²) in [5, 5.41) is 12.9. The molecule has 1 aromatic heterocycles. The van der Waals surface area contributed by atoms with Gasteiger partial charge in [0.2, 0.25) is 11.9 Å². The van der Waals surface area contributed by atoms with Gasteiger partial charge >= 0.3 is 6.01 Å². The van der Waals surface area contributed by atoms with Gasteiger partial charge in [-0.2, -0.15) is 15.0 Å². The Hall–Kier alpha value is -1.63. The van der Waals surface area contributed by atoms with Crippen LogP contribution in [0.2, 0.25) is 0 Å². The molecule has 2 atom stereocenters. The first-order valence-corrected chi connectivity index (χ1v) is 7.11. The lowest BCUT2D eigenvalue weighted by Crippen LogP contribution is -2.42. The van der Waals surface area contributed by atoms with E-state index in [9.17, 15) is 5.11 Å².